The summed E-state index contributed by atoms with van der Waals surface area (Å²) < 4.78 is 0. The average molecular weight is 294 g/mol. The van der Waals surface area contributed by atoms with Gasteiger partial charge >= 0.3 is 0 Å². The van der Waals surface area contributed by atoms with Gasteiger partial charge in [0.15, 0.2) is 0 Å². The maximum Gasteiger partial charge on any atom is 0.237 e. The normalized spacial score (nSPS) is 32.0. The molecule has 0 radical (unpaired) electrons. The summed E-state index contributed by atoms with van der Waals surface area (Å²) in [5.74, 6) is 1.07. The minimum atomic E-state index is -0.0228. The highest BCUT2D eigenvalue weighted by molar-refractivity contribution is 5.79. The molecule has 0 bridgehead atoms. The van der Waals surface area contributed by atoms with Gasteiger partial charge in [-0.3, -0.25) is 9.69 Å². The van der Waals surface area contributed by atoms with E-state index in [1.807, 2.05) is 0 Å². The van der Waals surface area contributed by atoms with Crippen LogP contribution in [0.4, 0.5) is 0 Å². The van der Waals surface area contributed by atoms with Crippen LogP contribution in [0.3, 0.4) is 0 Å². The van der Waals surface area contributed by atoms with Gasteiger partial charge in [0.05, 0.1) is 6.54 Å². The minimum Gasteiger partial charge on any atom is -0.396 e. The molecule has 2 saturated carbocycles. The molecule has 0 aromatic rings. The largest absolute Gasteiger partial charge is 0.396 e. The van der Waals surface area contributed by atoms with Crippen LogP contribution in [0.25, 0.3) is 0 Å². The fourth-order valence-electron chi connectivity index (χ4n) is 3.89. The summed E-state index contributed by atoms with van der Waals surface area (Å²) in [4.78, 5) is 17.2. The minimum absolute atomic E-state index is 0.0228. The highest BCUT2D eigenvalue weighted by Crippen LogP contribution is 2.40. The van der Waals surface area contributed by atoms with Crippen molar-refractivity contribution in [1.29, 1.82) is 0 Å². The average Bonchev–Trinajstić information content (AvgIpc) is 3.31. The van der Waals surface area contributed by atoms with E-state index in [2.05, 4.69) is 23.6 Å². The lowest BCUT2D eigenvalue weighted by molar-refractivity contribution is -0.136. The Morgan fingerprint density at radius 2 is 2.10 bits per heavy atom. The summed E-state index contributed by atoms with van der Waals surface area (Å²) in [6.07, 6.45) is 7.13. The quantitative estimate of drug-likeness (QED) is 0.813. The van der Waals surface area contributed by atoms with Gasteiger partial charge in [0.2, 0.25) is 5.91 Å². The Bertz CT molecular complexity index is 392. The predicted molar refractivity (Wildman–Crippen MR) is 82.9 cm³/mol. The fourth-order valence-corrected chi connectivity index (χ4v) is 3.89. The van der Waals surface area contributed by atoms with E-state index in [0.29, 0.717) is 24.5 Å². The number of amides is 1. The predicted octanol–water partition coefficient (Wildman–Crippen LogP) is 1.87. The Morgan fingerprint density at radius 3 is 2.67 bits per heavy atom. The Balaban J connectivity index is 1.58. The third kappa shape index (κ3) is 3.59. The van der Waals surface area contributed by atoms with E-state index in [1.165, 1.54) is 25.7 Å². The van der Waals surface area contributed by atoms with Crippen LogP contribution in [-0.4, -0.2) is 59.1 Å². The van der Waals surface area contributed by atoms with Gasteiger partial charge in [0.25, 0.3) is 0 Å². The lowest BCUT2D eigenvalue weighted by atomic mass is 9.83. The number of nitrogens with zero attached hydrogens (tertiary/aromatic N) is 2. The highest BCUT2D eigenvalue weighted by Gasteiger charge is 2.42. The first-order valence-corrected chi connectivity index (χ1v) is 8.67. The Hall–Kier alpha value is -0.610. The molecule has 3 rings (SSSR count). The fraction of sp³-hybridized carbons (Fsp3) is 0.941. The standard InChI is InChI=1S/C17H30N2O2/c1-13(14-4-5-14)19(15-6-7-15)16(21)10-18-9-3-8-17(2,11-18)12-20/h13-15,20H,3-12H2,1-2H3. The molecule has 0 aromatic carbocycles. The summed E-state index contributed by atoms with van der Waals surface area (Å²) >= 11 is 0. The van der Waals surface area contributed by atoms with E-state index >= 15 is 0 Å². The molecule has 2 aliphatic carbocycles. The van der Waals surface area contributed by atoms with Gasteiger partial charge in [0.1, 0.15) is 0 Å². The third-order valence-corrected chi connectivity index (χ3v) is 5.57. The number of likely N-dealkylation sites (tertiary alicyclic amines) is 1. The van der Waals surface area contributed by atoms with Crippen molar-refractivity contribution < 1.29 is 9.90 Å². The van der Waals surface area contributed by atoms with Crippen LogP contribution in [0.5, 0.6) is 0 Å². The molecule has 1 saturated heterocycles. The zero-order valence-corrected chi connectivity index (χ0v) is 13.6. The molecule has 1 amide bonds. The lowest BCUT2D eigenvalue weighted by Gasteiger charge is -2.40. The van der Waals surface area contributed by atoms with Gasteiger partial charge in [-0.1, -0.05) is 6.92 Å². The van der Waals surface area contributed by atoms with Crippen LogP contribution in [0, 0.1) is 11.3 Å². The van der Waals surface area contributed by atoms with Crippen LogP contribution in [0.1, 0.15) is 52.4 Å². The van der Waals surface area contributed by atoms with E-state index in [1.54, 1.807) is 0 Å². The summed E-state index contributed by atoms with van der Waals surface area (Å²) in [7, 11) is 0. The van der Waals surface area contributed by atoms with Gasteiger partial charge in [-0.2, -0.15) is 0 Å². The first kappa shape index (κ1) is 15.3. The highest BCUT2D eigenvalue weighted by atomic mass is 16.3. The molecule has 2 atom stereocenters. The molecule has 3 fully saturated rings. The van der Waals surface area contributed by atoms with E-state index in [9.17, 15) is 9.90 Å². The molecule has 1 heterocycles. The molecular weight excluding hydrogens is 264 g/mol. The van der Waals surface area contributed by atoms with Crippen molar-refractivity contribution >= 4 is 5.91 Å². The van der Waals surface area contributed by atoms with Crippen LogP contribution in [0.2, 0.25) is 0 Å². The molecule has 0 aromatic heterocycles. The van der Waals surface area contributed by atoms with Crippen LogP contribution in [-0.2, 0) is 4.79 Å². The third-order valence-electron chi connectivity index (χ3n) is 5.57. The SMILES string of the molecule is CC(C1CC1)N(C(=O)CN1CCCC(C)(CO)C1)C1CC1. The second-order valence-electron chi connectivity index (χ2n) is 7.89. The zero-order chi connectivity index (χ0) is 15.0. The molecule has 1 aliphatic heterocycles. The maximum absolute atomic E-state index is 12.8. The Labute approximate surface area is 128 Å². The summed E-state index contributed by atoms with van der Waals surface area (Å²) in [6, 6.07) is 0.945. The first-order chi connectivity index (χ1) is 10.0. The Morgan fingerprint density at radius 1 is 1.38 bits per heavy atom. The Kier molecular flexibility index (Phi) is 4.28. The summed E-state index contributed by atoms with van der Waals surface area (Å²) in [5, 5.41) is 9.56. The topological polar surface area (TPSA) is 43.8 Å². The molecule has 2 unspecified atom stereocenters. The van der Waals surface area contributed by atoms with E-state index < -0.39 is 0 Å². The van der Waals surface area contributed by atoms with Crippen LogP contribution in [0.15, 0.2) is 0 Å². The van der Waals surface area contributed by atoms with Gasteiger partial charge in [-0.05, 0) is 57.9 Å². The molecule has 4 heteroatoms. The molecule has 0 spiro atoms. The summed E-state index contributed by atoms with van der Waals surface area (Å²) in [5.41, 5.74) is -0.0228. The van der Waals surface area contributed by atoms with Crippen molar-refractivity contribution in [2.24, 2.45) is 11.3 Å². The van der Waals surface area contributed by atoms with Gasteiger partial charge in [-0.25, -0.2) is 0 Å². The van der Waals surface area contributed by atoms with Crippen molar-refractivity contribution in [2.45, 2.75) is 64.5 Å². The number of piperidine rings is 1. The molecule has 120 valence electrons. The number of aliphatic hydroxyl groups excluding tert-OH is 1. The summed E-state index contributed by atoms with van der Waals surface area (Å²) in [6.45, 7) is 6.99. The van der Waals surface area contributed by atoms with Crippen molar-refractivity contribution in [3.05, 3.63) is 0 Å². The second kappa shape index (κ2) is 5.88. The number of rotatable bonds is 6. The number of hydrogen-bond acceptors (Lipinski definition) is 3. The zero-order valence-electron chi connectivity index (χ0n) is 13.6. The van der Waals surface area contributed by atoms with Crippen molar-refractivity contribution in [2.75, 3.05) is 26.2 Å². The van der Waals surface area contributed by atoms with E-state index in [-0.39, 0.29) is 12.0 Å². The second-order valence-corrected chi connectivity index (χ2v) is 7.89. The van der Waals surface area contributed by atoms with Gasteiger partial charge < -0.3 is 10.0 Å². The number of carbonyl (C=O) groups excluding carboxylic acids is 1. The first-order valence-electron chi connectivity index (χ1n) is 8.67. The van der Waals surface area contributed by atoms with E-state index in [4.69, 9.17) is 0 Å². The molecule has 4 nitrogen and oxygen atoms in total. The molecule has 3 aliphatic rings. The molecule has 21 heavy (non-hydrogen) atoms. The molecular formula is C17H30N2O2. The lowest BCUT2D eigenvalue weighted by Crippen LogP contribution is -2.50. The molecule has 1 N–H and O–H groups in total. The van der Waals surface area contributed by atoms with Crippen LogP contribution < -0.4 is 0 Å². The van der Waals surface area contributed by atoms with Crippen LogP contribution >= 0.6 is 0 Å². The van der Waals surface area contributed by atoms with Gasteiger partial charge in [-0.15, -0.1) is 0 Å². The monoisotopic (exact) mass is 294 g/mol. The van der Waals surface area contributed by atoms with Crippen molar-refractivity contribution in [3.63, 3.8) is 0 Å². The smallest absolute Gasteiger partial charge is 0.237 e. The maximum atomic E-state index is 12.8. The number of carbonyl (C=O) groups is 1. The van der Waals surface area contributed by atoms with Gasteiger partial charge in [0, 0.05) is 30.7 Å². The van der Waals surface area contributed by atoms with Crippen molar-refractivity contribution in [3.8, 4) is 0 Å². The van der Waals surface area contributed by atoms with E-state index in [0.717, 1.165) is 31.8 Å². The number of hydrogen-bond donors (Lipinski definition) is 1. The van der Waals surface area contributed by atoms with Crippen molar-refractivity contribution in [1.82, 2.24) is 9.80 Å². The number of aliphatic hydroxyl groups is 1.